The molecule has 2 aromatic rings. The van der Waals surface area contributed by atoms with Crippen molar-refractivity contribution >= 4 is 59.1 Å². The van der Waals surface area contributed by atoms with Crippen molar-refractivity contribution in [3.63, 3.8) is 0 Å². The average Bonchev–Trinajstić information content (AvgIpc) is 3.92. The molecular formula is C46H64N8O12. The van der Waals surface area contributed by atoms with Gasteiger partial charge in [0.05, 0.1) is 19.1 Å². The van der Waals surface area contributed by atoms with Crippen LogP contribution in [0.15, 0.2) is 54.6 Å². The molecule has 0 spiro atoms. The molecule has 20 heteroatoms. The smallest absolute Gasteiger partial charge is 0.343 e. The molecule has 1 saturated heterocycles. The number of para-hydroxylation sites is 1. The molecule has 1 fully saturated rings. The third-order valence-electron chi connectivity index (χ3n) is 11.6. The van der Waals surface area contributed by atoms with E-state index in [0.717, 1.165) is 23.7 Å². The predicted octanol–water partition coefficient (Wildman–Crippen LogP) is 2.10. The summed E-state index contributed by atoms with van der Waals surface area (Å²) in [5.74, 6) is -8.63. The van der Waals surface area contributed by atoms with Crippen molar-refractivity contribution in [1.29, 1.82) is 0 Å². The van der Waals surface area contributed by atoms with Crippen LogP contribution >= 0.6 is 0 Å². The van der Waals surface area contributed by atoms with Gasteiger partial charge in [-0.3, -0.25) is 48.7 Å². The first-order valence-electron chi connectivity index (χ1n) is 22.4. The fraction of sp³-hybridized carbons (Fsp3) is 0.543. The van der Waals surface area contributed by atoms with E-state index in [9.17, 15) is 53.4 Å². The number of rotatable bonds is 22. The third kappa shape index (κ3) is 14.5. The number of likely N-dealkylation sites (tertiary alicyclic amines) is 1. The van der Waals surface area contributed by atoms with Crippen LogP contribution in [0.3, 0.4) is 0 Å². The molecule has 0 aromatic heterocycles. The predicted molar refractivity (Wildman–Crippen MR) is 240 cm³/mol. The first-order valence-corrected chi connectivity index (χ1v) is 22.4. The fourth-order valence-electron chi connectivity index (χ4n) is 7.84. The molecule has 4 rings (SSSR count). The molecule has 0 aliphatic carbocycles. The summed E-state index contributed by atoms with van der Waals surface area (Å²) >= 11 is 0. The minimum atomic E-state index is -1.59. The maximum atomic E-state index is 14.8. The van der Waals surface area contributed by atoms with Crippen LogP contribution in [0.5, 0.6) is 0 Å². The number of amides is 8. The summed E-state index contributed by atoms with van der Waals surface area (Å²) < 4.78 is 6.24. The highest BCUT2D eigenvalue weighted by Gasteiger charge is 2.45. The molecule has 2 aromatic carbocycles. The Morgan fingerprint density at radius 1 is 0.803 bits per heavy atom. The molecule has 66 heavy (non-hydrogen) atoms. The lowest BCUT2D eigenvalue weighted by Gasteiger charge is -2.34. The van der Waals surface area contributed by atoms with Crippen LogP contribution in [0, 0.1) is 11.8 Å². The lowest BCUT2D eigenvalue weighted by Crippen LogP contribution is -2.62. The van der Waals surface area contributed by atoms with Crippen LogP contribution in [-0.2, 0) is 56.1 Å². The van der Waals surface area contributed by atoms with Crippen molar-refractivity contribution in [2.45, 2.75) is 129 Å². The van der Waals surface area contributed by atoms with Crippen molar-refractivity contribution in [3.8, 4) is 0 Å². The van der Waals surface area contributed by atoms with E-state index in [1.807, 2.05) is 61.5 Å². The zero-order valence-corrected chi connectivity index (χ0v) is 38.4. The van der Waals surface area contributed by atoms with E-state index in [1.54, 1.807) is 32.6 Å². The Morgan fingerprint density at radius 2 is 1.45 bits per heavy atom. The quantitative estimate of drug-likeness (QED) is 0.0838. The molecule has 0 radical (unpaired) electrons. The molecule has 2 aliphatic rings. The molecule has 360 valence electrons. The van der Waals surface area contributed by atoms with E-state index >= 15 is 0 Å². The number of nitrogens with zero attached hydrogens (tertiary/aromatic N) is 3. The molecule has 8 amide bonds. The van der Waals surface area contributed by atoms with Crippen LogP contribution in [0.25, 0.3) is 0 Å². The minimum Gasteiger partial charge on any atom is -0.481 e. The van der Waals surface area contributed by atoms with Crippen LogP contribution in [0.1, 0.15) is 91.2 Å². The van der Waals surface area contributed by atoms with Gasteiger partial charge in [-0.15, -0.1) is 0 Å². The number of aliphatic carboxylic acids is 2. The summed E-state index contributed by atoms with van der Waals surface area (Å²) in [5.41, 5.74) is 5.41. The van der Waals surface area contributed by atoms with Crippen LogP contribution in [0.4, 0.5) is 10.5 Å². The Morgan fingerprint density at radius 3 is 2.08 bits per heavy atom. The monoisotopic (exact) mass is 920 g/mol. The minimum absolute atomic E-state index is 0.0259. The summed E-state index contributed by atoms with van der Waals surface area (Å²) in [4.78, 5) is 122. The molecule has 2 aliphatic heterocycles. The van der Waals surface area contributed by atoms with Gasteiger partial charge in [0.2, 0.25) is 29.5 Å². The van der Waals surface area contributed by atoms with Gasteiger partial charge in [0.1, 0.15) is 30.2 Å². The number of ether oxygens (including phenoxy) is 1. The number of fused-ring (bicyclic) bond motifs is 1. The zero-order valence-electron chi connectivity index (χ0n) is 38.4. The van der Waals surface area contributed by atoms with Crippen molar-refractivity contribution in [2.75, 3.05) is 24.5 Å². The SMILES string of the molecule is CCCN(NC(=O)[C@@H]1C[C@@H](OCc2ccccc2)CN1C(=O)[C@@H](NC(=O)[C@@H](NC(=O)[C@@H](CCC(=O)O)NC(=O)[C@H](CC(=O)O)NC(C)=O)[C@@H](C)CC)C(C)C)C(=O)N1CCc2ccccc21. The van der Waals surface area contributed by atoms with Gasteiger partial charge in [0, 0.05) is 45.1 Å². The molecule has 7 N–H and O–H groups in total. The number of hydrogen-bond acceptors (Lipinski definition) is 10. The number of hydrazine groups is 1. The standard InChI is InChI=1S/C46H64N8O12/c1-7-21-54(46(65)52-22-20-31-16-12-13-17-35(31)52)51-43(62)36-23-32(66-26-30-14-10-9-11-15-30)25-53(36)45(64)39(27(3)4)49-44(63)40(28(5)8-2)50-41(60)33(18-19-37(56)57)48-42(61)34(24-38(58)59)47-29(6)55/h9-17,27-28,32-34,36,39-40H,7-8,18-26H2,1-6H3,(H,47,55)(H,48,61)(H,49,63)(H,50,60)(H,51,62)(H,56,57)(H,58,59)/t28-,32+,33+,34-,36-,39-,40-/m0/s1. The normalized spacial score (nSPS) is 17.6. The number of urea groups is 1. The highest BCUT2D eigenvalue weighted by atomic mass is 16.5. The van der Waals surface area contributed by atoms with Gasteiger partial charge in [-0.25, -0.2) is 9.80 Å². The molecular weight excluding hydrogens is 857 g/mol. The lowest BCUT2D eigenvalue weighted by molar-refractivity contribution is -0.144. The number of anilines is 1. The number of carboxylic acid groups (broad SMARTS) is 2. The zero-order chi connectivity index (χ0) is 48.7. The Bertz CT molecular complexity index is 2050. The van der Waals surface area contributed by atoms with Crippen LogP contribution in [-0.4, -0.2) is 129 Å². The Balaban J connectivity index is 1.58. The summed E-state index contributed by atoms with van der Waals surface area (Å²) in [6.45, 7) is 10.5. The average molecular weight is 921 g/mol. The van der Waals surface area contributed by atoms with Crippen molar-refractivity contribution in [3.05, 3.63) is 65.7 Å². The molecule has 0 saturated carbocycles. The molecule has 20 nitrogen and oxygen atoms in total. The second-order valence-electron chi connectivity index (χ2n) is 17.0. The number of carbonyl (C=O) groups excluding carboxylic acids is 7. The molecule has 0 bridgehead atoms. The Kier molecular flexibility index (Phi) is 19.4. The van der Waals surface area contributed by atoms with E-state index in [0.29, 0.717) is 25.8 Å². The number of nitrogens with one attached hydrogen (secondary N) is 5. The van der Waals surface area contributed by atoms with E-state index in [2.05, 4.69) is 26.7 Å². The second-order valence-corrected chi connectivity index (χ2v) is 17.0. The van der Waals surface area contributed by atoms with Gasteiger partial charge in [0.25, 0.3) is 5.91 Å². The lowest BCUT2D eigenvalue weighted by atomic mass is 9.95. The number of carboxylic acids is 2. The van der Waals surface area contributed by atoms with E-state index < -0.39 is 121 Å². The van der Waals surface area contributed by atoms with Crippen LogP contribution < -0.4 is 31.6 Å². The summed E-state index contributed by atoms with van der Waals surface area (Å²) in [6.07, 6.45) is -0.892. The van der Waals surface area contributed by atoms with Gasteiger partial charge >= 0.3 is 18.0 Å². The van der Waals surface area contributed by atoms with Gasteiger partial charge in [-0.1, -0.05) is 89.6 Å². The van der Waals surface area contributed by atoms with E-state index in [4.69, 9.17) is 4.74 Å². The maximum Gasteiger partial charge on any atom is 0.343 e. The Hall–Kier alpha value is -6.57. The summed E-state index contributed by atoms with van der Waals surface area (Å²) in [5, 5.41) is 29.9. The van der Waals surface area contributed by atoms with Gasteiger partial charge < -0.3 is 41.1 Å². The highest BCUT2D eigenvalue weighted by Crippen LogP contribution is 2.29. The molecule has 2 heterocycles. The Labute approximate surface area is 384 Å². The summed E-state index contributed by atoms with van der Waals surface area (Å²) in [7, 11) is 0. The van der Waals surface area contributed by atoms with Crippen molar-refractivity contribution < 1.29 is 58.1 Å². The fourth-order valence-corrected chi connectivity index (χ4v) is 7.84. The number of carbonyl (C=O) groups is 9. The number of hydrogen-bond donors (Lipinski definition) is 7. The van der Waals surface area contributed by atoms with Crippen molar-refractivity contribution in [1.82, 2.24) is 36.6 Å². The molecule has 7 atom stereocenters. The maximum absolute atomic E-state index is 14.8. The summed E-state index contributed by atoms with van der Waals surface area (Å²) in [6, 6.07) is 9.61. The third-order valence-corrected chi connectivity index (χ3v) is 11.6. The van der Waals surface area contributed by atoms with Crippen molar-refractivity contribution in [2.24, 2.45) is 11.8 Å². The first kappa shape index (κ1) is 52.1. The van der Waals surface area contributed by atoms with Crippen LogP contribution in [0.2, 0.25) is 0 Å². The molecule has 0 unspecified atom stereocenters. The number of benzene rings is 2. The van der Waals surface area contributed by atoms with Gasteiger partial charge in [0.15, 0.2) is 0 Å². The van der Waals surface area contributed by atoms with Gasteiger partial charge in [-0.2, -0.15) is 0 Å². The second kappa shape index (κ2) is 24.6. The first-order chi connectivity index (χ1) is 31.3. The largest absolute Gasteiger partial charge is 0.481 e. The van der Waals surface area contributed by atoms with E-state index in [-0.39, 0.29) is 26.1 Å². The topological polar surface area (TPSA) is 273 Å². The van der Waals surface area contributed by atoms with E-state index in [1.165, 1.54) is 9.91 Å². The van der Waals surface area contributed by atoms with Gasteiger partial charge in [-0.05, 0) is 48.3 Å². The highest BCUT2D eigenvalue weighted by molar-refractivity contribution is 5.99.